The van der Waals surface area contributed by atoms with Crippen LogP contribution in [0.15, 0.2) is 12.7 Å². The van der Waals surface area contributed by atoms with Crippen LogP contribution in [-0.2, 0) is 0 Å². The van der Waals surface area contributed by atoms with Gasteiger partial charge in [0.15, 0.2) is 0 Å². The van der Waals surface area contributed by atoms with Gasteiger partial charge in [-0.15, -0.1) is 6.58 Å². The Morgan fingerprint density at radius 2 is 2.09 bits per heavy atom. The van der Waals surface area contributed by atoms with Crippen LogP contribution in [-0.4, -0.2) is 11.2 Å². The zero-order valence-electron chi connectivity index (χ0n) is 7.51. The molecule has 0 spiro atoms. The average molecular weight is 154 g/mol. The fourth-order valence-corrected chi connectivity index (χ4v) is 2.16. The summed E-state index contributed by atoms with van der Waals surface area (Å²) in [5.41, 5.74) is 0.221. The minimum Gasteiger partial charge on any atom is -0.392 e. The summed E-state index contributed by atoms with van der Waals surface area (Å²) < 4.78 is 0. The average Bonchev–Trinajstić information content (AvgIpc) is 2.05. The predicted molar refractivity (Wildman–Crippen MR) is 47.3 cm³/mol. The first-order chi connectivity index (χ1) is 5.20. The molecule has 0 unspecified atom stereocenters. The molecule has 0 radical (unpaired) electrons. The quantitative estimate of drug-likeness (QED) is 0.619. The van der Waals surface area contributed by atoms with Crippen LogP contribution in [0.25, 0.3) is 0 Å². The molecule has 11 heavy (non-hydrogen) atoms. The van der Waals surface area contributed by atoms with E-state index in [-0.39, 0.29) is 11.5 Å². The van der Waals surface area contributed by atoms with Gasteiger partial charge in [0.2, 0.25) is 0 Å². The smallest absolute Gasteiger partial charge is 0.0659 e. The summed E-state index contributed by atoms with van der Waals surface area (Å²) >= 11 is 0. The molecule has 1 fully saturated rings. The molecular formula is C10H18O. The van der Waals surface area contributed by atoms with Crippen LogP contribution in [0.4, 0.5) is 0 Å². The van der Waals surface area contributed by atoms with E-state index >= 15 is 0 Å². The standard InChI is InChI=1S/C10H18O/c1-4-8-7-10(5-2,6-3)9(8)11/h4,8-9,11H,1,5-7H2,2-3H3/t8-,9-/m1/s1. The van der Waals surface area contributed by atoms with Gasteiger partial charge >= 0.3 is 0 Å². The summed E-state index contributed by atoms with van der Waals surface area (Å²) in [4.78, 5) is 0. The zero-order valence-corrected chi connectivity index (χ0v) is 7.51. The molecule has 0 bridgehead atoms. The van der Waals surface area contributed by atoms with Crippen LogP contribution in [0.5, 0.6) is 0 Å². The van der Waals surface area contributed by atoms with Gasteiger partial charge in [0.05, 0.1) is 6.10 Å². The lowest BCUT2D eigenvalue weighted by Gasteiger charge is -2.51. The van der Waals surface area contributed by atoms with Crippen molar-refractivity contribution < 1.29 is 5.11 Å². The van der Waals surface area contributed by atoms with Gasteiger partial charge in [-0.05, 0) is 24.7 Å². The van der Waals surface area contributed by atoms with Crippen molar-refractivity contribution in [2.24, 2.45) is 11.3 Å². The van der Waals surface area contributed by atoms with Gasteiger partial charge in [-0.3, -0.25) is 0 Å². The van der Waals surface area contributed by atoms with Crippen LogP contribution in [0, 0.1) is 11.3 Å². The number of aliphatic hydroxyl groups excluding tert-OH is 1. The van der Waals surface area contributed by atoms with Gasteiger partial charge in [-0.1, -0.05) is 19.9 Å². The highest BCUT2D eigenvalue weighted by Gasteiger charge is 2.48. The predicted octanol–water partition coefficient (Wildman–Crippen LogP) is 2.36. The number of aliphatic hydroxyl groups is 1. The van der Waals surface area contributed by atoms with E-state index in [4.69, 9.17) is 0 Å². The molecule has 1 aliphatic carbocycles. The lowest BCUT2D eigenvalue weighted by molar-refractivity contribution is -0.106. The van der Waals surface area contributed by atoms with Crippen molar-refractivity contribution >= 4 is 0 Å². The zero-order chi connectivity index (χ0) is 8.48. The highest BCUT2D eigenvalue weighted by atomic mass is 16.3. The first-order valence-corrected chi connectivity index (χ1v) is 4.50. The SMILES string of the molecule is C=C[C@@H]1CC(CC)(CC)[C@@H]1O. The Hall–Kier alpha value is -0.300. The van der Waals surface area contributed by atoms with E-state index in [2.05, 4.69) is 20.4 Å². The molecule has 1 aliphatic rings. The van der Waals surface area contributed by atoms with Gasteiger partial charge in [0.1, 0.15) is 0 Å². The van der Waals surface area contributed by atoms with Crippen molar-refractivity contribution in [2.45, 2.75) is 39.2 Å². The fourth-order valence-electron chi connectivity index (χ4n) is 2.16. The van der Waals surface area contributed by atoms with E-state index in [1.54, 1.807) is 0 Å². The minimum absolute atomic E-state index is 0.130. The van der Waals surface area contributed by atoms with E-state index in [9.17, 15) is 5.11 Å². The second-order valence-electron chi connectivity index (χ2n) is 3.62. The molecule has 0 heterocycles. The van der Waals surface area contributed by atoms with Crippen molar-refractivity contribution in [3.05, 3.63) is 12.7 Å². The summed E-state index contributed by atoms with van der Waals surface area (Å²) in [6.07, 6.45) is 5.07. The molecular weight excluding hydrogens is 136 g/mol. The van der Waals surface area contributed by atoms with Crippen molar-refractivity contribution in [3.63, 3.8) is 0 Å². The molecule has 1 heteroatoms. The van der Waals surface area contributed by atoms with Gasteiger partial charge in [-0.25, -0.2) is 0 Å². The third kappa shape index (κ3) is 1.12. The molecule has 0 aliphatic heterocycles. The van der Waals surface area contributed by atoms with Gasteiger partial charge < -0.3 is 5.11 Å². The Morgan fingerprint density at radius 3 is 2.36 bits per heavy atom. The molecule has 0 saturated heterocycles. The molecule has 2 atom stereocenters. The summed E-state index contributed by atoms with van der Waals surface area (Å²) in [5, 5.41) is 9.75. The molecule has 0 aromatic rings. The first-order valence-electron chi connectivity index (χ1n) is 4.50. The van der Waals surface area contributed by atoms with Crippen molar-refractivity contribution in [1.29, 1.82) is 0 Å². The van der Waals surface area contributed by atoms with Crippen LogP contribution < -0.4 is 0 Å². The monoisotopic (exact) mass is 154 g/mol. The van der Waals surface area contributed by atoms with Gasteiger partial charge in [0.25, 0.3) is 0 Å². The molecule has 64 valence electrons. The maximum Gasteiger partial charge on any atom is 0.0659 e. The van der Waals surface area contributed by atoms with E-state index in [0.717, 1.165) is 19.3 Å². The van der Waals surface area contributed by atoms with E-state index in [1.165, 1.54) is 0 Å². The maximum atomic E-state index is 9.75. The first kappa shape index (κ1) is 8.79. The maximum absolute atomic E-state index is 9.75. The number of hydrogen-bond acceptors (Lipinski definition) is 1. The van der Waals surface area contributed by atoms with Gasteiger partial charge in [-0.2, -0.15) is 0 Å². The number of rotatable bonds is 3. The Morgan fingerprint density at radius 1 is 1.55 bits per heavy atom. The third-order valence-corrected chi connectivity index (χ3v) is 3.39. The van der Waals surface area contributed by atoms with Crippen LogP contribution >= 0.6 is 0 Å². The Kier molecular flexibility index (Phi) is 2.38. The van der Waals surface area contributed by atoms with E-state index < -0.39 is 0 Å². The summed E-state index contributed by atoms with van der Waals surface area (Å²) in [6.45, 7) is 8.02. The Balaban J connectivity index is 2.58. The van der Waals surface area contributed by atoms with Crippen LogP contribution in [0.3, 0.4) is 0 Å². The van der Waals surface area contributed by atoms with Crippen LogP contribution in [0.2, 0.25) is 0 Å². The molecule has 0 aromatic heterocycles. The third-order valence-electron chi connectivity index (χ3n) is 3.39. The van der Waals surface area contributed by atoms with Crippen molar-refractivity contribution in [1.82, 2.24) is 0 Å². The van der Waals surface area contributed by atoms with Gasteiger partial charge in [0, 0.05) is 5.92 Å². The Labute approximate surface area is 69.1 Å². The summed E-state index contributed by atoms with van der Waals surface area (Å²) in [6, 6.07) is 0. The second kappa shape index (κ2) is 2.98. The molecule has 1 saturated carbocycles. The Bertz CT molecular complexity index is 147. The summed E-state index contributed by atoms with van der Waals surface area (Å²) in [5.74, 6) is 0.356. The largest absolute Gasteiger partial charge is 0.392 e. The van der Waals surface area contributed by atoms with Crippen molar-refractivity contribution in [3.8, 4) is 0 Å². The molecule has 1 rings (SSSR count). The van der Waals surface area contributed by atoms with E-state index in [0.29, 0.717) is 5.92 Å². The normalized spacial score (nSPS) is 34.5. The summed E-state index contributed by atoms with van der Waals surface area (Å²) in [7, 11) is 0. The van der Waals surface area contributed by atoms with E-state index in [1.807, 2.05) is 6.08 Å². The minimum atomic E-state index is -0.130. The molecule has 1 nitrogen and oxygen atoms in total. The highest BCUT2D eigenvalue weighted by Crippen LogP contribution is 2.50. The topological polar surface area (TPSA) is 20.2 Å². The highest BCUT2D eigenvalue weighted by molar-refractivity contribution is 5.06. The lowest BCUT2D eigenvalue weighted by Crippen LogP contribution is -2.51. The number of hydrogen-bond donors (Lipinski definition) is 1. The lowest BCUT2D eigenvalue weighted by atomic mass is 9.57. The second-order valence-corrected chi connectivity index (χ2v) is 3.62. The molecule has 0 aromatic carbocycles. The molecule has 0 amide bonds. The molecule has 1 N–H and O–H groups in total. The van der Waals surface area contributed by atoms with Crippen LogP contribution in [0.1, 0.15) is 33.1 Å². The fraction of sp³-hybridized carbons (Fsp3) is 0.800. The van der Waals surface area contributed by atoms with Crippen molar-refractivity contribution in [2.75, 3.05) is 0 Å².